The first-order valence-electron chi connectivity index (χ1n) is 5.45. The molecule has 0 bridgehead atoms. The van der Waals surface area contributed by atoms with E-state index in [4.69, 9.17) is 10.00 Å². The zero-order valence-corrected chi connectivity index (χ0v) is 9.07. The fraction of sp³-hybridized carbons (Fsp3) is 0.417. The predicted octanol–water partition coefficient (Wildman–Crippen LogP) is 0.959. The Morgan fingerprint density at radius 3 is 2.88 bits per heavy atom. The molecule has 1 unspecified atom stereocenters. The summed E-state index contributed by atoms with van der Waals surface area (Å²) in [5.41, 5.74) is 1.70. The molecule has 84 valence electrons. The Bertz CT molecular complexity index is 363. The van der Waals surface area contributed by atoms with Gasteiger partial charge in [-0.05, 0) is 24.3 Å². The number of nitrogens with one attached hydrogen (secondary N) is 2. The number of nitrogens with zero attached hydrogens (tertiary/aromatic N) is 1. The summed E-state index contributed by atoms with van der Waals surface area (Å²) in [6.45, 7) is 3.40. The molecule has 1 heterocycles. The molecule has 1 aliphatic rings. The van der Waals surface area contributed by atoms with Gasteiger partial charge in [0.05, 0.1) is 24.3 Å². The first-order valence-corrected chi connectivity index (χ1v) is 5.45. The number of benzene rings is 1. The molecule has 1 fully saturated rings. The zero-order valence-electron chi connectivity index (χ0n) is 9.07. The Kier molecular flexibility index (Phi) is 3.76. The molecule has 0 spiro atoms. The summed E-state index contributed by atoms with van der Waals surface area (Å²) in [5.74, 6) is 0. The van der Waals surface area contributed by atoms with E-state index in [9.17, 15) is 0 Å². The molecule has 0 amide bonds. The van der Waals surface area contributed by atoms with Gasteiger partial charge in [0.1, 0.15) is 0 Å². The topological polar surface area (TPSA) is 57.1 Å². The van der Waals surface area contributed by atoms with Crippen molar-refractivity contribution in [2.45, 2.75) is 6.10 Å². The van der Waals surface area contributed by atoms with Gasteiger partial charge in [-0.25, -0.2) is 0 Å². The summed E-state index contributed by atoms with van der Waals surface area (Å²) < 4.78 is 5.57. The molecule has 1 atom stereocenters. The second-order valence-electron chi connectivity index (χ2n) is 3.77. The number of morpholine rings is 1. The van der Waals surface area contributed by atoms with Crippen molar-refractivity contribution < 1.29 is 4.74 Å². The van der Waals surface area contributed by atoms with E-state index < -0.39 is 0 Å². The van der Waals surface area contributed by atoms with Gasteiger partial charge in [0.2, 0.25) is 0 Å². The van der Waals surface area contributed by atoms with Gasteiger partial charge in [0.25, 0.3) is 0 Å². The molecule has 1 saturated heterocycles. The van der Waals surface area contributed by atoms with E-state index in [1.165, 1.54) is 0 Å². The van der Waals surface area contributed by atoms with E-state index in [1.54, 1.807) is 0 Å². The zero-order chi connectivity index (χ0) is 11.2. The Labute approximate surface area is 95.2 Å². The van der Waals surface area contributed by atoms with Crippen molar-refractivity contribution in [1.29, 1.82) is 5.26 Å². The summed E-state index contributed by atoms with van der Waals surface area (Å²) in [6, 6.07) is 9.54. The van der Waals surface area contributed by atoms with Crippen LogP contribution < -0.4 is 10.6 Å². The minimum atomic E-state index is 0.226. The van der Waals surface area contributed by atoms with Crippen LogP contribution in [0.4, 0.5) is 5.69 Å². The first kappa shape index (κ1) is 10.9. The first-order chi connectivity index (χ1) is 7.88. The third-order valence-corrected chi connectivity index (χ3v) is 2.55. The van der Waals surface area contributed by atoms with Crippen LogP contribution in [0.2, 0.25) is 0 Å². The summed E-state index contributed by atoms with van der Waals surface area (Å²) >= 11 is 0. The second-order valence-corrected chi connectivity index (χ2v) is 3.77. The van der Waals surface area contributed by atoms with Gasteiger partial charge in [0, 0.05) is 25.3 Å². The third-order valence-electron chi connectivity index (χ3n) is 2.55. The average Bonchev–Trinajstić information content (AvgIpc) is 2.38. The van der Waals surface area contributed by atoms with Crippen LogP contribution in [0.3, 0.4) is 0 Å². The van der Waals surface area contributed by atoms with Gasteiger partial charge in [-0.1, -0.05) is 0 Å². The lowest BCUT2D eigenvalue weighted by molar-refractivity contribution is 0.0372. The molecular weight excluding hydrogens is 202 g/mol. The lowest BCUT2D eigenvalue weighted by atomic mass is 10.2. The minimum absolute atomic E-state index is 0.226. The minimum Gasteiger partial charge on any atom is -0.382 e. The highest BCUT2D eigenvalue weighted by Gasteiger charge is 2.12. The van der Waals surface area contributed by atoms with Crippen LogP contribution in [0.15, 0.2) is 24.3 Å². The molecule has 16 heavy (non-hydrogen) atoms. The second kappa shape index (κ2) is 5.50. The van der Waals surface area contributed by atoms with Crippen LogP contribution in [-0.2, 0) is 4.74 Å². The molecule has 0 saturated carbocycles. The van der Waals surface area contributed by atoms with Gasteiger partial charge in [-0.3, -0.25) is 0 Å². The number of anilines is 1. The number of ether oxygens (including phenoxy) is 1. The van der Waals surface area contributed by atoms with E-state index in [0.717, 1.165) is 31.9 Å². The molecule has 0 radical (unpaired) electrons. The smallest absolute Gasteiger partial charge is 0.0991 e. The van der Waals surface area contributed by atoms with Gasteiger partial charge >= 0.3 is 0 Å². The third kappa shape index (κ3) is 2.96. The summed E-state index contributed by atoms with van der Waals surface area (Å²) in [6.07, 6.45) is 0.226. The van der Waals surface area contributed by atoms with Crippen LogP contribution >= 0.6 is 0 Å². The average molecular weight is 217 g/mol. The molecule has 0 aliphatic carbocycles. The van der Waals surface area contributed by atoms with Gasteiger partial charge < -0.3 is 15.4 Å². The summed E-state index contributed by atoms with van der Waals surface area (Å²) in [5, 5.41) is 15.2. The monoisotopic (exact) mass is 217 g/mol. The van der Waals surface area contributed by atoms with E-state index in [2.05, 4.69) is 16.7 Å². The fourth-order valence-corrected chi connectivity index (χ4v) is 1.65. The van der Waals surface area contributed by atoms with Crippen molar-refractivity contribution in [2.24, 2.45) is 0 Å². The fourth-order valence-electron chi connectivity index (χ4n) is 1.65. The Hall–Kier alpha value is -1.57. The maximum absolute atomic E-state index is 8.66. The lowest BCUT2D eigenvalue weighted by Crippen LogP contribution is -2.42. The number of hydrogen-bond acceptors (Lipinski definition) is 4. The van der Waals surface area contributed by atoms with Crippen molar-refractivity contribution in [2.75, 3.05) is 31.6 Å². The normalized spacial score (nSPS) is 20.1. The number of rotatable bonds is 3. The molecule has 2 rings (SSSR count). The highest BCUT2D eigenvalue weighted by molar-refractivity contribution is 5.47. The predicted molar refractivity (Wildman–Crippen MR) is 62.3 cm³/mol. The lowest BCUT2D eigenvalue weighted by Gasteiger charge is -2.24. The highest BCUT2D eigenvalue weighted by atomic mass is 16.5. The molecule has 4 heteroatoms. The highest BCUT2D eigenvalue weighted by Crippen LogP contribution is 2.09. The Balaban J connectivity index is 1.82. The Morgan fingerprint density at radius 1 is 1.44 bits per heavy atom. The quantitative estimate of drug-likeness (QED) is 0.791. The van der Waals surface area contributed by atoms with Crippen LogP contribution in [0, 0.1) is 11.3 Å². The largest absolute Gasteiger partial charge is 0.382 e. The number of hydrogen-bond donors (Lipinski definition) is 2. The van der Waals surface area contributed by atoms with Crippen LogP contribution in [0.1, 0.15) is 5.56 Å². The van der Waals surface area contributed by atoms with Crippen LogP contribution in [-0.4, -0.2) is 32.3 Å². The maximum Gasteiger partial charge on any atom is 0.0991 e. The molecule has 1 aromatic carbocycles. The standard InChI is InChI=1S/C12H15N3O/c13-7-10-1-3-11(4-2-10)15-9-12-8-14-5-6-16-12/h1-4,12,14-15H,5-6,8-9H2. The van der Waals surface area contributed by atoms with Crippen molar-refractivity contribution in [3.63, 3.8) is 0 Å². The van der Waals surface area contributed by atoms with Crippen molar-refractivity contribution in [1.82, 2.24) is 5.32 Å². The Morgan fingerprint density at radius 2 is 2.25 bits per heavy atom. The SMILES string of the molecule is N#Cc1ccc(NCC2CNCCO2)cc1. The van der Waals surface area contributed by atoms with Gasteiger partial charge in [0.15, 0.2) is 0 Å². The molecule has 4 nitrogen and oxygen atoms in total. The molecule has 2 N–H and O–H groups in total. The van der Waals surface area contributed by atoms with Crippen LogP contribution in [0.25, 0.3) is 0 Å². The van der Waals surface area contributed by atoms with Crippen molar-refractivity contribution in [3.8, 4) is 6.07 Å². The van der Waals surface area contributed by atoms with Crippen molar-refractivity contribution >= 4 is 5.69 Å². The van der Waals surface area contributed by atoms with E-state index in [-0.39, 0.29) is 6.10 Å². The van der Waals surface area contributed by atoms with Gasteiger partial charge in [-0.15, -0.1) is 0 Å². The number of nitriles is 1. The van der Waals surface area contributed by atoms with E-state index in [0.29, 0.717) is 5.56 Å². The maximum atomic E-state index is 8.66. The summed E-state index contributed by atoms with van der Waals surface area (Å²) in [4.78, 5) is 0. The molecular formula is C12H15N3O. The van der Waals surface area contributed by atoms with E-state index in [1.807, 2.05) is 24.3 Å². The summed E-state index contributed by atoms with van der Waals surface area (Å²) in [7, 11) is 0. The molecule has 1 aliphatic heterocycles. The molecule has 1 aromatic rings. The van der Waals surface area contributed by atoms with Crippen LogP contribution in [0.5, 0.6) is 0 Å². The van der Waals surface area contributed by atoms with E-state index >= 15 is 0 Å². The van der Waals surface area contributed by atoms with Crippen molar-refractivity contribution in [3.05, 3.63) is 29.8 Å². The van der Waals surface area contributed by atoms with Gasteiger partial charge in [-0.2, -0.15) is 5.26 Å². The molecule has 0 aromatic heterocycles.